The van der Waals surface area contributed by atoms with Crippen molar-refractivity contribution in [2.24, 2.45) is 0 Å². The van der Waals surface area contributed by atoms with Crippen molar-refractivity contribution >= 4 is 51.2 Å². The minimum atomic E-state index is 0.183. The van der Waals surface area contributed by atoms with E-state index in [1.54, 1.807) is 12.4 Å². The topological polar surface area (TPSA) is 113 Å². The van der Waals surface area contributed by atoms with Gasteiger partial charge < -0.3 is 5.73 Å². The lowest BCUT2D eigenvalue weighted by atomic mass is 10.2. The standard InChI is InChI=1S/C18H13ClN4.C17H12ClN5/c1-12-6-5-9-14(10-12)23-16(13-7-3-2-4-8-13)21-15-11-20-18(19)22-17(15)23;18-17-20-10-14-16(22-17)23(13-8-4-7-12(19)9-13)15(21-14)11-5-2-1-3-6-11/h2-11H,1H3;1-10H,19H2. The summed E-state index contributed by atoms with van der Waals surface area (Å²) in [5, 5.41) is 0.396. The lowest BCUT2D eigenvalue weighted by Gasteiger charge is -2.09. The first-order valence-corrected chi connectivity index (χ1v) is 15.1. The number of halogens is 2. The Bertz CT molecular complexity index is 2150. The third kappa shape index (κ3) is 5.77. The lowest BCUT2D eigenvalue weighted by molar-refractivity contribution is 1.06. The normalized spacial score (nSPS) is 11.0. The number of nitrogen functional groups attached to an aromatic ring is 1. The fraction of sp³-hybridized carbons (Fsp3) is 0.0286. The van der Waals surface area contributed by atoms with Crippen LogP contribution in [0.2, 0.25) is 10.6 Å². The van der Waals surface area contributed by atoms with E-state index in [9.17, 15) is 0 Å². The maximum atomic E-state index is 6.00. The minimum absolute atomic E-state index is 0.183. The summed E-state index contributed by atoms with van der Waals surface area (Å²) in [6.07, 6.45) is 3.28. The van der Waals surface area contributed by atoms with E-state index in [0.717, 1.165) is 39.7 Å². The summed E-state index contributed by atoms with van der Waals surface area (Å²) in [6, 6.07) is 35.7. The molecule has 0 fully saturated rings. The molecule has 46 heavy (non-hydrogen) atoms. The molecular formula is C35H25Cl2N9. The fourth-order valence-electron chi connectivity index (χ4n) is 5.19. The van der Waals surface area contributed by atoms with Crippen molar-refractivity contribution in [3.63, 3.8) is 0 Å². The van der Waals surface area contributed by atoms with Gasteiger partial charge in [-0.15, -0.1) is 0 Å². The van der Waals surface area contributed by atoms with Crippen LogP contribution < -0.4 is 5.73 Å². The first-order chi connectivity index (χ1) is 22.4. The first kappa shape index (κ1) is 29.1. The van der Waals surface area contributed by atoms with Crippen molar-refractivity contribution in [1.29, 1.82) is 0 Å². The summed E-state index contributed by atoms with van der Waals surface area (Å²) >= 11 is 12.0. The number of aromatic nitrogens is 8. The highest BCUT2D eigenvalue weighted by molar-refractivity contribution is 6.28. The van der Waals surface area contributed by atoms with Crippen molar-refractivity contribution in [3.8, 4) is 34.2 Å². The van der Waals surface area contributed by atoms with Gasteiger partial charge in [-0.05, 0) is 66.0 Å². The SMILES string of the molecule is Cc1cccc(-n2c(-c3ccccc3)nc3cnc(Cl)nc32)c1.Nc1cccc(-n2c(-c3ccccc3)nc3cnc(Cl)nc32)c1. The van der Waals surface area contributed by atoms with E-state index in [2.05, 4.69) is 44.0 Å². The smallest absolute Gasteiger partial charge is 0.224 e. The molecule has 0 bridgehead atoms. The number of hydrogen-bond acceptors (Lipinski definition) is 7. The Morgan fingerprint density at radius 2 is 1.02 bits per heavy atom. The summed E-state index contributed by atoms with van der Waals surface area (Å²) < 4.78 is 3.96. The maximum Gasteiger partial charge on any atom is 0.224 e. The predicted molar refractivity (Wildman–Crippen MR) is 183 cm³/mol. The summed E-state index contributed by atoms with van der Waals surface area (Å²) in [7, 11) is 0. The summed E-state index contributed by atoms with van der Waals surface area (Å²) in [5.41, 5.74) is 14.4. The average molecular weight is 643 g/mol. The quantitative estimate of drug-likeness (QED) is 0.152. The third-order valence-corrected chi connectivity index (χ3v) is 7.56. The molecular weight excluding hydrogens is 617 g/mol. The zero-order chi connectivity index (χ0) is 31.6. The lowest BCUT2D eigenvalue weighted by Crippen LogP contribution is -2.00. The largest absolute Gasteiger partial charge is 0.399 e. The van der Waals surface area contributed by atoms with E-state index < -0.39 is 0 Å². The molecule has 0 saturated heterocycles. The van der Waals surface area contributed by atoms with Gasteiger partial charge in [-0.1, -0.05) is 78.9 Å². The van der Waals surface area contributed by atoms with E-state index in [-0.39, 0.29) is 10.6 Å². The molecule has 0 atom stereocenters. The van der Waals surface area contributed by atoms with Gasteiger partial charge in [0.1, 0.15) is 22.7 Å². The van der Waals surface area contributed by atoms with Gasteiger partial charge >= 0.3 is 0 Å². The van der Waals surface area contributed by atoms with Crippen LogP contribution in [0.5, 0.6) is 0 Å². The van der Waals surface area contributed by atoms with Crippen LogP contribution in [0.15, 0.2) is 122 Å². The second kappa shape index (κ2) is 12.4. The minimum Gasteiger partial charge on any atom is -0.399 e. The van der Waals surface area contributed by atoms with Crippen molar-refractivity contribution in [3.05, 3.63) is 138 Å². The van der Waals surface area contributed by atoms with E-state index in [0.29, 0.717) is 22.5 Å². The number of imidazole rings is 2. The van der Waals surface area contributed by atoms with Crippen molar-refractivity contribution < 1.29 is 0 Å². The van der Waals surface area contributed by atoms with Crippen LogP contribution in [0.4, 0.5) is 5.69 Å². The number of aryl methyl sites for hydroxylation is 1. The van der Waals surface area contributed by atoms with Crippen LogP contribution in [0.25, 0.3) is 56.5 Å². The zero-order valence-electron chi connectivity index (χ0n) is 24.5. The van der Waals surface area contributed by atoms with Crippen LogP contribution in [0.1, 0.15) is 5.56 Å². The number of benzene rings is 4. The Labute approximate surface area is 274 Å². The monoisotopic (exact) mass is 641 g/mol. The molecule has 224 valence electrons. The van der Waals surface area contributed by atoms with Crippen LogP contribution in [0.3, 0.4) is 0 Å². The molecule has 11 heteroatoms. The highest BCUT2D eigenvalue weighted by atomic mass is 35.5. The van der Waals surface area contributed by atoms with E-state index >= 15 is 0 Å². The molecule has 4 aromatic carbocycles. The van der Waals surface area contributed by atoms with Gasteiger partial charge in [-0.3, -0.25) is 9.13 Å². The molecule has 0 saturated carbocycles. The molecule has 0 spiro atoms. The molecule has 4 aromatic heterocycles. The van der Waals surface area contributed by atoms with Gasteiger partial charge in [-0.2, -0.15) is 9.97 Å². The Morgan fingerprint density at radius 1 is 0.543 bits per heavy atom. The number of fused-ring (bicyclic) bond motifs is 2. The number of anilines is 1. The molecule has 0 aliphatic rings. The van der Waals surface area contributed by atoms with Gasteiger partial charge in [0, 0.05) is 22.5 Å². The molecule has 2 N–H and O–H groups in total. The van der Waals surface area contributed by atoms with Gasteiger partial charge in [0.15, 0.2) is 11.3 Å². The second-order valence-corrected chi connectivity index (χ2v) is 11.1. The van der Waals surface area contributed by atoms with Crippen LogP contribution in [0, 0.1) is 6.92 Å². The molecule has 8 rings (SSSR count). The number of hydrogen-bond donors (Lipinski definition) is 1. The Balaban J connectivity index is 0.000000147. The van der Waals surface area contributed by atoms with E-state index in [1.807, 2.05) is 106 Å². The van der Waals surface area contributed by atoms with E-state index in [1.165, 1.54) is 5.56 Å². The second-order valence-electron chi connectivity index (χ2n) is 10.4. The Morgan fingerprint density at radius 3 is 1.50 bits per heavy atom. The van der Waals surface area contributed by atoms with Gasteiger partial charge in [0.2, 0.25) is 10.6 Å². The fourth-order valence-corrected chi connectivity index (χ4v) is 5.45. The zero-order valence-corrected chi connectivity index (χ0v) is 26.0. The molecule has 0 unspecified atom stereocenters. The molecule has 0 amide bonds. The van der Waals surface area contributed by atoms with Crippen LogP contribution in [-0.4, -0.2) is 39.0 Å². The van der Waals surface area contributed by atoms with Crippen LogP contribution >= 0.6 is 23.2 Å². The third-order valence-electron chi connectivity index (χ3n) is 7.19. The summed E-state index contributed by atoms with van der Waals surface area (Å²) in [5.74, 6) is 1.59. The molecule has 0 radical (unpaired) electrons. The maximum absolute atomic E-state index is 6.00. The Kier molecular flexibility index (Phi) is 7.84. The summed E-state index contributed by atoms with van der Waals surface area (Å²) in [4.78, 5) is 26.2. The number of nitrogens with zero attached hydrogens (tertiary/aromatic N) is 8. The molecule has 0 aliphatic heterocycles. The molecule has 0 aliphatic carbocycles. The predicted octanol–water partition coefficient (Wildman–Crippen LogP) is 8.16. The van der Waals surface area contributed by atoms with Crippen molar-refractivity contribution in [2.75, 3.05) is 5.73 Å². The molecule has 4 heterocycles. The molecule has 8 aromatic rings. The number of nitrogens with two attached hydrogens (primary N) is 1. The highest BCUT2D eigenvalue weighted by Gasteiger charge is 2.17. The van der Waals surface area contributed by atoms with Crippen LogP contribution in [-0.2, 0) is 0 Å². The molecule has 9 nitrogen and oxygen atoms in total. The highest BCUT2D eigenvalue weighted by Crippen LogP contribution is 2.30. The number of rotatable bonds is 4. The summed E-state index contributed by atoms with van der Waals surface area (Å²) in [6.45, 7) is 2.06. The van der Waals surface area contributed by atoms with Gasteiger partial charge in [-0.25, -0.2) is 19.9 Å². The van der Waals surface area contributed by atoms with Gasteiger partial charge in [0.25, 0.3) is 0 Å². The Hall–Kier alpha value is -5.64. The van der Waals surface area contributed by atoms with Crippen molar-refractivity contribution in [1.82, 2.24) is 39.0 Å². The van der Waals surface area contributed by atoms with Crippen molar-refractivity contribution in [2.45, 2.75) is 6.92 Å². The first-order valence-electron chi connectivity index (χ1n) is 14.3. The van der Waals surface area contributed by atoms with E-state index in [4.69, 9.17) is 33.9 Å². The van der Waals surface area contributed by atoms with Gasteiger partial charge in [0.05, 0.1) is 18.1 Å². The average Bonchev–Trinajstić information content (AvgIpc) is 3.64.